The molecule has 2 fully saturated rings. The molecule has 0 aliphatic carbocycles. The van der Waals surface area contributed by atoms with Gasteiger partial charge in [-0.05, 0) is 12.1 Å². The predicted molar refractivity (Wildman–Crippen MR) is 72.1 cm³/mol. The van der Waals surface area contributed by atoms with Crippen molar-refractivity contribution >= 4 is 5.69 Å². The zero-order valence-corrected chi connectivity index (χ0v) is 11.0. The van der Waals surface area contributed by atoms with Crippen LogP contribution in [0.2, 0.25) is 0 Å². The Labute approximate surface area is 113 Å². The van der Waals surface area contributed by atoms with Crippen molar-refractivity contribution in [1.29, 1.82) is 0 Å². The summed E-state index contributed by atoms with van der Waals surface area (Å²) >= 11 is 0. The van der Waals surface area contributed by atoms with Crippen LogP contribution in [-0.4, -0.2) is 52.0 Å². The number of ether oxygens (including phenoxy) is 3. The van der Waals surface area contributed by atoms with E-state index in [1.165, 1.54) is 5.69 Å². The summed E-state index contributed by atoms with van der Waals surface area (Å²) < 4.78 is 16.4. The Morgan fingerprint density at radius 3 is 3.00 bits per heavy atom. The maximum Gasteiger partial charge on any atom is 0.147 e. The van der Waals surface area contributed by atoms with Gasteiger partial charge in [-0.1, -0.05) is 18.2 Å². The lowest BCUT2D eigenvalue weighted by Crippen LogP contribution is -2.52. The molecule has 5 nitrogen and oxygen atoms in total. The maximum atomic E-state index is 5.86. The van der Waals surface area contributed by atoms with E-state index in [-0.39, 0.29) is 12.3 Å². The molecule has 2 aliphatic rings. The summed E-state index contributed by atoms with van der Waals surface area (Å²) in [5.41, 5.74) is 1.25. The standard InChI is InChI=1S/C14H20N2O3/c1-2-4-12(5-3-1)16-7-6-15-14(8-16)18-10-13-9-17-11-19-13/h1-5,13-15H,6-11H2. The molecule has 2 heterocycles. The number of hydrogen-bond acceptors (Lipinski definition) is 5. The third-order valence-electron chi connectivity index (χ3n) is 3.44. The molecular formula is C14H20N2O3. The van der Waals surface area contributed by atoms with Gasteiger partial charge in [-0.15, -0.1) is 0 Å². The van der Waals surface area contributed by atoms with Crippen LogP contribution in [0, 0.1) is 0 Å². The van der Waals surface area contributed by atoms with Gasteiger partial charge in [0.2, 0.25) is 0 Å². The molecule has 0 bridgehead atoms. The lowest BCUT2D eigenvalue weighted by atomic mass is 10.2. The molecule has 0 radical (unpaired) electrons. The first-order chi connectivity index (χ1) is 9.42. The third-order valence-corrected chi connectivity index (χ3v) is 3.44. The summed E-state index contributed by atoms with van der Waals surface area (Å²) in [6, 6.07) is 10.4. The van der Waals surface area contributed by atoms with Crippen LogP contribution in [0.5, 0.6) is 0 Å². The Morgan fingerprint density at radius 2 is 2.21 bits per heavy atom. The van der Waals surface area contributed by atoms with E-state index in [0.29, 0.717) is 20.0 Å². The number of piperazine rings is 1. The van der Waals surface area contributed by atoms with Crippen LogP contribution in [0.1, 0.15) is 0 Å². The van der Waals surface area contributed by atoms with E-state index >= 15 is 0 Å². The fourth-order valence-corrected chi connectivity index (χ4v) is 2.39. The minimum atomic E-state index is 0.0538. The topological polar surface area (TPSA) is 43.0 Å². The van der Waals surface area contributed by atoms with E-state index in [4.69, 9.17) is 14.2 Å². The van der Waals surface area contributed by atoms with Gasteiger partial charge in [0.25, 0.3) is 0 Å². The Hall–Kier alpha value is -1.14. The van der Waals surface area contributed by atoms with Crippen molar-refractivity contribution in [3.63, 3.8) is 0 Å². The first kappa shape index (κ1) is 12.9. The molecule has 3 rings (SSSR count). The predicted octanol–water partition coefficient (Wildman–Crippen LogP) is 0.812. The van der Waals surface area contributed by atoms with Crippen molar-refractivity contribution in [1.82, 2.24) is 5.32 Å². The highest BCUT2D eigenvalue weighted by atomic mass is 16.7. The van der Waals surface area contributed by atoms with Gasteiger partial charge in [-0.2, -0.15) is 0 Å². The molecule has 2 atom stereocenters. The average Bonchev–Trinajstić information content (AvgIpc) is 3.00. The number of nitrogens with one attached hydrogen (secondary N) is 1. The summed E-state index contributed by atoms with van der Waals surface area (Å²) in [7, 11) is 0. The van der Waals surface area contributed by atoms with Crippen molar-refractivity contribution in [2.45, 2.75) is 12.3 Å². The monoisotopic (exact) mass is 264 g/mol. The fraction of sp³-hybridized carbons (Fsp3) is 0.571. The average molecular weight is 264 g/mol. The van der Waals surface area contributed by atoms with E-state index in [0.717, 1.165) is 19.6 Å². The first-order valence-corrected chi connectivity index (χ1v) is 6.76. The van der Waals surface area contributed by atoms with Crippen LogP contribution in [0.3, 0.4) is 0 Å². The summed E-state index contributed by atoms with van der Waals surface area (Å²) in [6.45, 7) is 4.41. The van der Waals surface area contributed by atoms with Crippen LogP contribution >= 0.6 is 0 Å². The maximum absolute atomic E-state index is 5.86. The second kappa shape index (κ2) is 6.34. The van der Waals surface area contributed by atoms with Gasteiger partial charge in [0.05, 0.1) is 19.8 Å². The van der Waals surface area contributed by atoms with Crippen molar-refractivity contribution in [2.75, 3.05) is 44.5 Å². The van der Waals surface area contributed by atoms with Crippen LogP contribution in [0.15, 0.2) is 30.3 Å². The Morgan fingerprint density at radius 1 is 1.32 bits per heavy atom. The van der Waals surface area contributed by atoms with E-state index in [2.05, 4.69) is 34.5 Å². The second-order valence-electron chi connectivity index (χ2n) is 4.83. The molecule has 0 saturated carbocycles. The lowest BCUT2D eigenvalue weighted by Gasteiger charge is -2.35. The number of para-hydroxylation sites is 1. The summed E-state index contributed by atoms with van der Waals surface area (Å²) in [6.07, 6.45) is 0.132. The summed E-state index contributed by atoms with van der Waals surface area (Å²) in [5.74, 6) is 0. The minimum Gasteiger partial charge on any atom is -0.366 e. The van der Waals surface area contributed by atoms with Crippen LogP contribution in [0.4, 0.5) is 5.69 Å². The number of hydrogen-bond donors (Lipinski definition) is 1. The quantitative estimate of drug-likeness (QED) is 0.872. The van der Waals surface area contributed by atoms with Crippen molar-refractivity contribution in [3.05, 3.63) is 30.3 Å². The third kappa shape index (κ3) is 3.45. The van der Waals surface area contributed by atoms with Gasteiger partial charge in [-0.25, -0.2) is 0 Å². The van der Waals surface area contributed by atoms with Gasteiger partial charge in [0.15, 0.2) is 0 Å². The zero-order valence-electron chi connectivity index (χ0n) is 11.0. The molecule has 2 unspecified atom stereocenters. The molecule has 1 aromatic carbocycles. The zero-order chi connectivity index (χ0) is 12.9. The Balaban J connectivity index is 1.50. The molecular weight excluding hydrogens is 244 g/mol. The van der Waals surface area contributed by atoms with E-state index in [1.54, 1.807) is 0 Å². The smallest absolute Gasteiger partial charge is 0.147 e. The molecule has 1 N–H and O–H groups in total. The largest absolute Gasteiger partial charge is 0.366 e. The van der Waals surface area contributed by atoms with Gasteiger partial charge < -0.3 is 19.1 Å². The number of anilines is 1. The molecule has 19 heavy (non-hydrogen) atoms. The Kier molecular flexibility index (Phi) is 4.30. The highest BCUT2D eigenvalue weighted by Crippen LogP contribution is 2.15. The molecule has 2 saturated heterocycles. The van der Waals surface area contributed by atoms with Crippen molar-refractivity contribution in [2.24, 2.45) is 0 Å². The van der Waals surface area contributed by atoms with Gasteiger partial charge in [0.1, 0.15) is 19.1 Å². The first-order valence-electron chi connectivity index (χ1n) is 6.76. The number of benzene rings is 1. The second-order valence-corrected chi connectivity index (χ2v) is 4.83. The molecule has 104 valence electrons. The van der Waals surface area contributed by atoms with Gasteiger partial charge in [0, 0.05) is 18.8 Å². The van der Waals surface area contributed by atoms with E-state index in [9.17, 15) is 0 Å². The van der Waals surface area contributed by atoms with Crippen LogP contribution in [0.25, 0.3) is 0 Å². The summed E-state index contributed by atoms with van der Waals surface area (Å²) in [4.78, 5) is 2.34. The minimum absolute atomic E-state index is 0.0538. The molecule has 0 aromatic heterocycles. The molecule has 0 amide bonds. The number of nitrogens with zero attached hydrogens (tertiary/aromatic N) is 1. The molecule has 2 aliphatic heterocycles. The SMILES string of the molecule is c1ccc(N2CCNC(OCC3COCO3)C2)cc1. The highest BCUT2D eigenvalue weighted by Gasteiger charge is 2.23. The van der Waals surface area contributed by atoms with Gasteiger partial charge in [-0.3, -0.25) is 5.32 Å². The molecule has 1 aromatic rings. The highest BCUT2D eigenvalue weighted by molar-refractivity contribution is 5.46. The lowest BCUT2D eigenvalue weighted by molar-refractivity contribution is -0.0347. The molecule has 0 spiro atoms. The molecule has 5 heteroatoms. The van der Waals surface area contributed by atoms with E-state index in [1.807, 2.05) is 6.07 Å². The fourth-order valence-electron chi connectivity index (χ4n) is 2.39. The van der Waals surface area contributed by atoms with Crippen molar-refractivity contribution in [3.8, 4) is 0 Å². The Bertz CT molecular complexity index is 382. The van der Waals surface area contributed by atoms with E-state index < -0.39 is 0 Å². The van der Waals surface area contributed by atoms with Crippen LogP contribution in [-0.2, 0) is 14.2 Å². The number of rotatable bonds is 4. The normalized spacial score (nSPS) is 27.7. The van der Waals surface area contributed by atoms with Crippen LogP contribution < -0.4 is 10.2 Å². The van der Waals surface area contributed by atoms with Gasteiger partial charge >= 0.3 is 0 Å². The van der Waals surface area contributed by atoms with Crippen molar-refractivity contribution < 1.29 is 14.2 Å². The summed E-state index contributed by atoms with van der Waals surface area (Å²) in [5, 5.41) is 3.38.